The number of halogens is 2. The summed E-state index contributed by atoms with van der Waals surface area (Å²) >= 11 is 0. The Morgan fingerprint density at radius 3 is 2.86 bits per heavy atom. The molecule has 0 radical (unpaired) electrons. The first-order valence-electron chi connectivity index (χ1n) is 6.62. The highest BCUT2D eigenvalue weighted by Crippen LogP contribution is 2.32. The van der Waals surface area contributed by atoms with E-state index in [-0.39, 0.29) is 17.5 Å². The molecule has 3 rings (SSSR count). The van der Waals surface area contributed by atoms with Crippen LogP contribution in [0.3, 0.4) is 0 Å². The van der Waals surface area contributed by atoms with Crippen molar-refractivity contribution < 1.29 is 18.1 Å². The van der Waals surface area contributed by atoms with Crippen LogP contribution < -0.4 is 0 Å². The largest absolute Gasteiger partial charge is 0.337 e. The van der Waals surface area contributed by atoms with Gasteiger partial charge in [0.15, 0.2) is 17.5 Å². The molecule has 0 aliphatic carbocycles. The Balaban J connectivity index is 1.87. The molecule has 1 aliphatic heterocycles. The maximum Gasteiger partial charge on any atom is 0.254 e. The first-order valence-corrected chi connectivity index (χ1v) is 6.62. The van der Waals surface area contributed by atoms with Crippen LogP contribution >= 0.6 is 0 Å². The van der Waals surface area contributed by atoms with E-state index in [1.54, 1.807) is 11.8 Å². The van der Waals surface area contributed by atoms with Crippen LogP contribution in [-0.4, -0.2) is 27.5 Å². The minimum atomic E-state index is -1.04. The number of aromatic nitrogens is 2. The highest BCUT2D eigenvalue weighted by atomic mass is 19.2. The minimum Gasteiger partial charge on any atom is -0.337 e. The summed E-state index contributed by atoms with van der Waals surface area (Å²) in [5.41, 5.74) is 0.108. The topological polar surface area (TPSA) is 59.2 Å². The summed E-state index contributed by atoms with van der Waals surface area (Å²) in [5.74, 6) is -1.51. The lowest BCUT2D eigenvalue weighted by atomic mass is 10.1. The zero-order valence-electron chi connectivity index (χ0n) is 11.3. The standard InChI is InChI=1S/C14H13F2N3O2/c1-8-17-13(21-18-8)12-3-2-6-19(12)14(20)9-4-5-10(15)11(16)7-9/h4-5,7,12H,2-3,6H2,1H3. The molecule has 1 amide bonds. The fourth-order valence-electron chi connectivity index (χ4n) is 2.51. The van der Waals surface area contributed by atoms with E-state index in [0.29, 0.717) is 24.7 Å². The van der Waals surface area contributed by atoms with Gasteiger partial charge < -0.3 is 9.42 Å². The predicted molar refractivity (Wildman–Crippen MR) is 68.4 cm³/mol. The molecule has 1 aromatic carbocycles. The fraction of sp³-hybridized carbons (Fsp3) is 0.357. The third kappa shape index (κ3) is 2.51. The first kappa shape index (κ1) is 13.7. The highest BCUT2D eigenvalue weighted by molar-refractivity contribution is 5.94. The van der Waals surface area contributed by atoms with E-state index in [0.717, 1.165) is 18.6 Å². The third-order valence-electron chi connectivity index (χ3n) is 3.51. The Kier molecular flexibility index (Phi) is 3.40. The number of nitrogens with zero attached hydrogens (tertiary/aromatic N) is 3. The number of amides is 1. The van der Waals surface area contributed by atoms with Crippen LogP contribution in [0.1, 0.15) is 41.0 Å². The van der Waals surface area contributed by atoms with Crippen LogP contribution in [0, 0.1) is 18.6 Å². The lowest BCUT2D eigenvalue weighted by Crippen LogP contribution is -2.30. The average Bonchev–Trinajstić information content (AvgIpc) is 3.09. The van der Waals surface area contributed by atoms with Crippen LogP contribution in [0.15, 0.2) is 22.7 Å². The van der Waals surface area contributed by atoms with Crippen molar-refractivity contribution in [1.82, 2.24) is 15.0 Å². The molecule has 1 aliphatic rings. The monoisotopic (exact) mass is 293 g/mol. The molecule has 1 aromatic heterocycles. The van der Waals surface area contributed by atoms with Gasteiger partial charge in [0.25, 0.3) is 5.91 Å². The molecule has 1 unspecified atom stereocenters. The quantitative estimate of drug-likeness (QED) is 0.854. The van der Waals surface area contributed by atoms with Gasteiger partial charge in [-0.3, -0.25) is 4.79 Å². The van der Waals surface area contributed by atoms with E-state index in [1.807, 2.05) is 0 Å². The molecule has 2 heterocycles. The SMILES string of the molecule is Cc1noc(C2CCCN2C(=O)c2ccc(F)c(F)c2)n1. The second-order valence-electron chi connectivity index (χ2n) is 4.97. The Morgan fingerprint density at radius 2 is 2.19 bits per heavy atom. The summed E-state index contributed by atoms with van der Waals surface area (Å²) in [4.78, 5) is 18.1. The summed E-state index contributed by atoms with van der Waals surface area (Å²) in [6.45, 7) is 2.22. The number of carbonyl (C=O) groups excluding carboxylic acids is 1. The number of aryl methyl sites for hydroxylation is 1. The molecule has 0 saturated carbocycles. The Labute approximate surface area is 119 Å². The van der Waals surface area contributed by atoms with Crippen LogP contribution in [0.4, 0.5) is 8.78 Å². The van der Waals surface area contributed by atoms with Gasteiger partial charge in [0.2, 0.25) is 5.89 Å². The predicted octanol–water partition coefficient (Wildman–Crippen LogP) is 2.63. The maximum atomic E-state index is 13.3. The van der Waals surface area contributed by atoms with Crippen LogP contribution in [0.2, 0.25) is 0 Å². The zero-order valence-corrected chi connectivity index (χ0v) is 11.3. The van der Waals surface area contributed by atoms with E-state index < -0.39 is 11.6 Å². The van der Waals surface area contributed by atoms with E-state index in [9.17, 15) is 13.6 Å². The second-order valence-corrected chi connectivity index (χ2v) is 4.97. The molecule has 110 valence electrons. The molecule has 1 fully saturated rings. The zero-order chi connectivity index (χ0) is 15.0. The smallest absolute Gasteiger partial charge is 0.254 e. The Morgan fingerprint density at radius 1 is 1.38 bits per heavy atom. The number of benzene rings is 1. The summed E-state index contributed by atoms with van der Waals surface area (Å²) in [5, 5.41) is 3.72. The number of carbonyl (C=O) groups is 1. The molecule has 5 nitrogen and oxygen atoms in total. The molecular formula is C14H13F2N3O2. The molecule has 1 saturated heterocycles. The van der Waals surface area contributed by atoms with Gasteiger partial charge >= 0.3 is 0 Å². The lowest BCUT2D eigenvalue weighted by Gasteiger charge is -2.21. The first-order chi connectivity index (χ1) is 10.1. The summed E-state index contributed by atoms with van der Waals surface area (Å²) in [7, 11) is 0. The number of hydrogen-bond donors (Lipinski definition) is 0. The molecule has 21 heavy (non-hydrogen) atoms. The van der Waals surface area contributed by atoms with Gasteiger partial charge in [-0.25, -0.2) is 8.78 Å². The second kappa shape index (κ2) is 5.23. The van der Waals surface area contributed by atoms with Gasteiger partial charge in [-0.15, -0.1) is 0 Å². The van der Waals surface area contributed by atoms with E-state index >= 15 is 0 Å². The Bertz CT molecular complexity index is 687. The molecule has 0 N–H and O–H groups in total. The number of rotatable bonds is 2. The van der Waals surface area contributed by atoms with Gasteiger partial charge in [0.05, 0.1) is 0 Å². The molecular weight excluding hydrogens is 280 g/mol. The van der Waals surface area contributed by atoms with Gasteiger partial charge in [0, 0.05) is 12.1 Å². The summed E-state index contributed by atoms with van der Waals surface area (Å²) in [6.07, 6.45) is 1.50. The molecule has 0 spiro atoms. The van der Waals surface area contributed by atoms with Gasteiger partial charge in [-0.2, -0.15) is 4.98 Å². The summed E-state index contributed by atoms with van der Waals surface area (Å²) in [6, 6.07) is 2.82. The van der Waals surface area contributed by atoms with Crippen molar-refractivity contribution in [2.24, 2.45) is 0 Å². The van der Waals surface area contributed by atoms with Crippen molar-refractivity contribution in [2.75, 3.05) is 6.54 Å². The van der Waals surface area contributed by atoms with Crippen molar-refractivity contribution >= 4 is 5.91 Å². The van der Waals surface area contributed by atoms with E-state index in [1.165, 1.54) is 6.07 Å². The van der Waals surface area contributed by atoms with E-state index in [2.05, 4.69) is 10.1 Å². The van der Waals surface area contributed by atoms with Crippen LogP contribution in [0.25, 0.3) is 0 Å². The fourth-order valence-corrected chi connectivity index (χ4v) is 2.51. The third-order valence-corrected chi connectivity index (χ3v) is 3.51. The van der Waals surface area contributed by atoms with Crippen molar-refractivity contribution in [2.45, 2.75) is 25.8 Å². The molecule has 7 heteroatoms. The van der Waals surface area contributed by atoms with Gasteiger partial charge in [-0.05, 0) is 38.0 Å². The lowest BCUT2D eigenvalue weighted by molar-refractivity contribution is 0.0709. The minimum absolute atomic E-state index is 0.108. The summed E-state index contributed by atoms with van der Waals surface area (Å²) < 4.78 is 31.3. The van der Waals surface area contributed by atoms with Crippen molar-refractivity contribution in [3.05, 3.63) is 47.1 Å². The van der Waals surface area contributed by atoms with Crippen molar-refractivity contribution in [3.8, 4) is 0 Å². The van der Waals surface area contributed by atoms with Gasteiger partial charge in [0.1, 0.15) is 6.04 Å². The molecule has 0 bridgehead atoms. The highest BCUT2D eigenvalue weighted by Gasteiger charge is 2.34. The average molecular weight is 293 g/mol. The normalized spacial score (nSPS) is 18.2. The molecule has 1 atom stereocenters. The van der Waals surface area contributed by atoms with Crippen molar-refractivity contribution in [3.63, 3.8) is 0 Å². The number of likely N-dealkylation sites (tertiary alicyclic amines) is 1. The maximum absolute atomic E-state index is 13.3. The van der Waals surface area contributed by atoms with Crippen molar-refractivity contribution in [1.29, 1.82) is 0 Å². The van der Waals surface area contributed by atoms with Crippen LogP contribution in [-0.2, 0) is 0 Å². The van der Waals surface area contributed by atoms with Gasteiger partial charge in [-0.1, -0.05) is 5.16 Å². The van der Waals surface area contributed by atoms with E-state index in [4.69, 9.17) is 4.52 Å². The molecule has 2 aromatic rings. The number of hydrogen-bond acceptors (Lipinski definition) is 4. The Hall–Kier alpha value is -2.31. The van der Waals surface area contributed by atoms with Crippen LogP contribution in [0.5, 0.6) is 0 Å².